The Morgan fingerprint density at radius 2 is 1.56 bits per heavy atom. The van der Waals surface area contributed by atoms with E-state index in [4.69, 9.17) is 10.5 Å². The Balaban J connectivity index is 1.10. The van der Waals surface area contributed by atoms with Crippen LogP contribution >= 0.6 is 0 Å². The summed E-state index contributed by atoms with van der Waals surface area (Å²) in [6, 6.07) is 15.0. The fourth-order valence-electron chi connectivity index (χ4n) is 5.66. The zero-order valence-electron chi connectivity index (χ0n) is 20.8. The number of carbonyl (C=O) groups is 2. The smallest absolute Gasteiger partial charge is 0.254 e. The van der Waals surface area contributed by atoms with Crippen LogP contribution in [0.1, 0.15) is 55.3 Å². The molecule has 2 N–H and O–H groups in total. The molecule has 6 nitrogen and oxygen atoms in total. The molecule has 3 fully saturated rings. The van der Waals surface area contributed by atoms with E-state index in [1.165, 1.54) is 0 Å². The van der Waals surface area contributed by atoms with Gasteiger partial charge in [-0.3, -0.25) is 9.59 Å². The van der Waals surface area contributed by atoms with Gasteiger partial charge in [-0.1, -0.05) is 24.3 Å². The summed E-state index contributed by atoms with van der Waals surface area (Å²) in [6.07, 6.45) is 6.02. The number of carbonyl (C=O) groups excluding carboxylic acids is 2. The van der Waals surface area contributed by atoms with Gasteiger partial charge in [0.25, 0.3) is 5.91 Å². The number of amides is 2. The Hall–Kier alpha value is -2.93. The van der Waals surface area contributed by atoms with E-state index in [0.717, 1.165) is 68.5 Å². The molecule has 0 bridgehead atoms. The number of nitrogens with two attached hydrogens (primary N) is 1. The third-order valence-electron chi connectivity index (χ3n) is 8.11. The van der Waals surface area contributed by atoms with Crippen LogP contribution in [0.3, 0.4) is 0 Å². The number of piperidine rings is 1. The lowest BCUT2D eigenvalue weighted by molar-refractivity contribution is -0.121. The van der Waals surface area contributed by atoms with Crippen molar-refractivity contribution >= 4 is 11.8 Å². The molecule has 2 aromatic rings. The number of benzene rings is 2. The number of halogens is 1. The van der Waals surface area contributed by atoms with Gasteiger partial charge < -0.3 is 20.3 Å². The molecular weight excluding hydrogens is 457 g/mol. The molecule has 2 saturated heterocycles. The predicted octanol–water partition coefficient (Wildman–Crippen LogP) is 4.43. The maximum absolute atomic E-state index is 14.4. The van der Waals surface area contributed by atoms with E-state index in [1.807, 2.05) is 36.4 Å². The second-order valence-electron chi connectivity index (χ2n) is 10.7. The Kier molecular flexibility index (Phi) is 7.28. The number of nitrogens with zero attached hydrogens (tertiary/aromatic N) is 2. The Labute approximate surface area is 212 Å². The Morgan fingerprint density at radius 3 is 2.14 bits per heavy atom. The molecule has 5 rings (SSSR count). The van der Waals surface area contributed by atoms with Crippen LogP contribution in [0.5, 0.6) is 5.75 Å². The summed E-state index contributed by atoms with van der Waals surface area (Å²) in [6.45, 7) is 3.76. The molecule has 2 aromatic carbocycles. The molecule has 0 spiro atoms. The fourth-order valence-corrected chi connectivity index (χ4v) is 5.66. The number of ether oxygens (including phenoxy) is 1. The van der Waals surface area contributed by atoms with Gasteiger partial charge in [-0.15, -0.1) is 0 Å². The molecule has 0 aromatic heterocycles. The monoisotopic (exact) mass is 493 g/mol. The molecule has 1 saturated carbocycles. The van der Waals surface area contributed by atoms with E-state index in [2.05, 4.69) is 4.90 Å². The standard InChI is InChI=1S/C29H36FN3O3/c30-29(14-2-15-29)20-32-17-12-21(13-18-32)19-36-25-10-8-23(9-11-25)22-4-6-24(7-5-22)28(35)33-16-1-3-26(33)27(31)34/h4-11,21,26H,1-3,12-20H2,(H2,31,34)/t26-/m0/s1. The van der Waals surface area contributed by atoms with Crippen LogP contribution in [0.25, 0.3) is 11.1 Å². The quantitative estimate of drug-likeness (QED) is 0.591. The number of hydrogen-bond donors (Lipinski definition) is 1. The minimum Gasteiger partial charge on any atom is -0.493 e. The highest BCUT2D eigenvalue weighted by molar-refractivity contribution is 5.98. The molecule has 0 unspecified atom stereocenters. The van der Waals surface area contributed by atoms with E-state index in [1.54, 1.807) is 17.0 Å². The predicted molar refractivity (Wildman–Crippen MR) is 137 cm³/mol. The van der Waals surface area contributed by atoms with Crippen LogP contribution in [0.2, 0.25) is 0 Å². The van der Waals surface area contributed by atoms with Gasteiger partial charge >= 0.3 is 0 Å². The van der Waals surface area contributed by atoms with Gasteiger partial charge in [0.05, 0.1) is 6.61 Å². The highest BCUT2D eigenvalue weighted by Gasteiger charge is 2.39. The van der Waals surface area contributed by atoms with Crippen LogP contribution in [-0.2, 0) is 4.79 Å². The van der Waals surface area contributed by atoms with E-state index in [-0.39, 0.29) is 5.91 Å². The summed E-state index contributed by atoms with van der Waals surface area (Å²) in [4.78, 5) is 28.3. The summed E-state index contributed by atoms with van der Waals surface area (Å²) < 4.78 is 20.4. The first kappa shape index (κ1) is 24.8. The largest absolute Gasteiger partial charge is 0.493 e. The van der Waals surface area contributed by atoms with Gasteiger partial charge in [0, 0.05) is 18.7 Å². The number of alkyl halides is 1. The van der Waals surface area contributed by atoms with Crippen LogP contribution in [0, 0.1) is 5.92 Å². The normalized spacial score (nSPS) is 22.2. The zero-order valence-corrected chi connectivity index (χ0v) is 20.8. The lowest BCUT2D eigenvalue weighted by Gasteiger charge is -2.41. The van der Waals surface area contributed by atoms with Crippen molar-refractivity contribution in [2.75, 3.05) is 32.8 Å². The first-order valence-electron chi connectivity index (χ1n) is 13.3. The number of hydrogen-bond acceptors (Lipinski definition) is 4. The highest BCUT2D eigenvalue weighted by Crippen LogP contribution is 2.37. The summed E-state index contributed by atoms with van der Waals surface area (Å²) in [7, 11) is 0. The van der Waals surface area contributed by atoms with Crippen molar-refractivity contribution in [3.8, 4) is 16.9 Å². The Bertz CT molecular complexity index is 1060. The van der Waals surface area contributed by atoms with Crippen molar-refractivity contribution in [3.63, 3.8) is 0 Å². The van der Waals surface area contributed by atoms with Crippen LogP contribution in [0.15, 0.2) is 48.5 Å². The average Bonchev–Trinajstić information content (AvgIpc) is 3.38. The lowest BCUT2D eigenvalue weighted by atomic mass is 9.81. The van der Waals surface area contributed by atoms with Crippen LogP contribution in [-0.4, -0.2) is 66.1 Å². The third kappa shape index (κ3) is 5.56. The molecule has 2 amide bonds. The van der Waals surface area contributed by atoms with Crippen LogP contribution < -0.4 is 10.5 Å². The van der Waals surface area contributed by atoms with E-state index >= 15 is 0 Å². The maximum atomic E-state index is 14.4. The van der Waals surface area contributed by atoms with E-state index in [0.29, 0.717) is 37.6 Å². The first-order chi connectivity index (χ1) is 17.4. The van der Waals surface area contributed by atoms with Crippen molar-refractivity contribution in [1.29, 1.82) is 0 Å². The minimum absolute atomic E-state index is 0.148. The highest BCUT2D eigenvalue weighted by atomic mass is 19.1. The molecule has 0 radical (unpaired) electrons. The van der Waals surface area contributed by atoms with Crippen molar-refractivity contribution in [2.45, 2.75) is 56.7 Å². The fraction of sp³-hybridized carbons (Fsp3) is 0.517. The molecule has 2 heterocycles. The van der Waals surface area contributed by atoms with Crippen molar-refractivity contribution in [1.82, 2.24) is 9.80 Å². The molecule has 7 heteroatoms. The number of rotatable bonds is 8. The molecule has 1 aliphatic carbocycles. The van der Waals surface area contributed by atoms with E-state index < -0.39 is 17.6 Å². The van der Waals surface area contributed by atoms with Gasteiger partial charge in [0.1, 0.15) is 17.5 Å². The summed E-state index contributed by atoms with van der Waals surface area (Å²) in [5, 5.41) is 0. The van der Waals surface area contributed by atoms with Gasteiger partial charge in [-0.25, -0.2) is 4.39 Å². The van der Waals surface area contributed by atoms with E-state index in [9.17, 15) is 14.0 Å². The summed E-state index contributed by atoms with van der Waals surface area (Å²) in [5.41, 5.74) is 7.14. The number of primary amides is 1. The first-order valence-corrected chi connectivity index (χ1v) is 13.3. The molecule has 3 aliphatic rings. The second kappa shape index (κ2) is 10.6. The van der Waals surface area contributed by atoms with Crippen molar-refractivity contribution in [2.24, 2.45) is 11.7 Å². The minimum atomic E-state index is -0.928. The molecular formula is C29H36FN3O3. The number of likely N-dealkylation sites (tertiary alicyclic amines) is 2. The third-order valence-corrected chi connectivity index (χ3v) is 8.11. The summed E-state index contributed by atoms with van der Waals surface area (Å²) in [5.74, 6) is 0.762. The zero-order chi connectivity index (χ0) is 25.1. The van der Waals surface area contributed by atoms with Crippen LogP contribution in [0.4, 0.5) is 4.39 Å². The van der Waals surface area contributed by atoms with Gasteiger partial charge in [-0.2, -0.15) is 0 Å². The average molecular weight is 494 g/mol. The van der Waals surface area contributed by atoms with Crippen molar-refractivity contribution < 1.29 is 18.7 Å². The second-order valence-corrected chi connectivity index (χ2v) is 10.7. The van der Waals surface area contributed by atoms with Crippen molar-refractivity contribution in [3.05, 3.63) is 54.1 Å². The summed E-state index contributed by atoms with van der Waals surface area (Å²) >= 11 is 0. The van der Waals surface area contributed by atoms with Gasteiger partial charge in [0.15, 0.2) is 0 Å². The molecule has 192 valence electrons. The maximum Gasteiger partial charge on any atom is 0.254 e. The molecule has 36 heavy (non-hydrogen) atoms. The molecule has 2 aliphatic heterocycles. The lowest BCUT2D eigenvalue weighted by Crippen LogP contribution is -2.47. The molecule has 1 atom stereocenters. The SMILES string of the molecule is NC(=O)[C@@H]1CCCN1C(=O)c1ccc(-c2ccc(OCC3CCN(CC4(F)CCC4)CC3)cc2)cc1. The van der Waals surface area contributed by atoms with Gasteiger partial charge in [0.2, 0.25) is 5.91 Å². The topological polar surface area (TPSA) is 75.9 Å². The van der Waals surface area contributed by atoms with Gasteiger partial charge in [-0.05, 0) is 99.3 Å². The Morgan fingerprint density at radius 1 is 0.917 bits per heavy atom.